The van der Waals surface area contributed by atoms with Crippen molar-refractivity contribution < 1.29 is 14.9 Å². The van der Waals surface area contributed by atoms with E-state index in [1.54, 1.807) is 12.1 Å². The Morgan fingerprint density at radius 1 is 1.14 bits per heavy atom. The lowest BCUT2D eigenvalue weighted by molar-refractivity contribution is -0.182. The molecule has 4 heteroatoms. The molecular formula is C18H21NO3. The van der Waals surface area contributed by atoms with E-state index in [0.717, 1.165) is 16.8 Å². The molecule has 4 nitrogen and oxygen atoms in total. The van der Waals surface area contributed by atoms with Gasteiger partial charge in [0.2, 0.25) is 0 Å². The van der Waals surface area contributed by atoms with E-state index in [4.69, 9.17) is 5.26 Å². The van der Waals surface area contributed by atoms with Crippen LogP contribution in [0.5, 0.6) is 0 Å². The van der Waals surface area contributed by atoms with E-state index in [1.165, 1.54) is 0 Å². The Bertz CT molecular complexity index is 645. The van der Waals surface area contributed by atoms with Gasteiger partial charge in [-0.2, -0.15) is 5.26 Å². The van der Waals surface area contributed by atoms with E-state index >= 15 is 0 Å². The molecule has 0 aliphatic rings. The molecule has 0 radical (unpaired) electrons. The quantitative estimate of drug-likeness (QED) is 0.655. The first-order chi connectivity index (χ1) is 10.4. The average Bonchev–Trinajstić information content (AvgIpc) is 2.52. The van der Waals surface area contributed by atoms with Crippen molar-refractivity contribution in [1.82, 2.24) is 0 Å². The van der Waals surface area contributed by atoms with E-state index in [1.807, 2.05) is 30.3 Å². The predicted octanol–water partition coefficient (Wildman–Crippen LogP) is 4.23. The van der Waals surface area contributed by atoms with E-state index in [0.29, 0.717) is 12.1 Å². The van der Waals surface area contributed by atoms with Gasteiger partial charge in [0.25, 0.3) is 0 Å². The van der Waals surface area contributed by atoms with Gasteiger partial charge in [-0.1, -0.05) is 45.0 Å². The summed E-state index contributed by atoms with van der Waals surface area (Å²) in [4.78, 5) is 15.5. The van der Waals surface area contributed by atoms with Gasteiger partial charge in [0, 0.05) is 12.2 Å². The van der Waals surface area contributed by atoms with Crippen LogP contribution in [0.4, 0.5) is 5.69 Å². The summed E-state index contributed by atoms with van der Waals surface area (Å²) >= 11 is 0. The monoisotopic (exact) mass is 299 g/mol. The van der Waals surface area contributed by atoms with Crippen LogP contribution in [0.15, 0.2) is 48.5 Å². The maximum atomic E-state index is 11.6. The zero-order valence-corrected chi connectivity index (χ0v) is 13.1. The van der Waals surface area contributed by atoms with Gasteiger partial charge in [0.05, 0.1) is 5.56 Å². The molecule has 2 aromatic rings. The normalized spacial score (nSPS) is 11.1. The average molecular weight is 299 g/mol. The fourth-order valence-corrected chi connectivity index (χ4v) is 2.16. The van der Waals surface area contributed by atoms with Crippen LogP contribution in [0.25, 0.3) is 0 Å². The minimum absolute atomic E-state index is 0.104. The first-order valence-electron chi connectivity index (χ1n) is 7.19. The van der Waals surface area contributed by atoms with Gasteiger partial charge >= 0.3 is 5.97 Å². The van der Waals surface area contributed by atoms with Crippen molar-refractivity contribution in [2.75, 3.05) is 5.32 Å². The molecule has 0 fully saturated rings. The second-order valence-electron chi connectivity index (χ2n) is 6.27. The number of carbonyl (C=O) groups is 1. The smallest absolute Gasteiger partial charge is 0.372 e. The Hall–Kier alpha value is -2.33. The van der Waals surface area contributed by atoms with Crippen LogP contribution in [0.3, 0.4) is 0 Å². The third-order valence-corrected chi connectivity index (χ3v) is 3.45. The minimum atomic E-state index is -0.743. The van der Waals surface area contributed by atoms with Crippen molar-refractivity contribution in [3.8, 4) is 0 Å². The highest BCUT2D eigenvalue weighted by atomic mass is 17.1. The van der Waals surface area contributed by atoms with Gasteiger partial charge in [-0.05, 0) is 40.8 Å². The largest absolute Gasteiger partial charge is 0.381 e. The summed E-state index contributed by atoms with van der Waals surface area (Å²) in [7, 11) is 0. The van der Waals surface area contributed by atoms with Gasteiger partial charge in [-0.15, -0.1) is 0 Å². The molecule has 2 N–H and O–H groups in total. The molecule has 0 aliphatic heterocycles. The molecule has 0 aliphatic carbocycles. The van der Waals surface area contributed by atoms with Crippen molar-refractivity contribution in [1.29, 1.82) is 0 Å². The Morgan fingerprint density at radius 2 is 1.82 bits per heavy atom. The van der Waals surface area contributed by atoms with E-state index in [9.17, 15) is 4.79 Å². The number of anilines is 1. The van der Waals surface area contributed by atoms with Crippen molar-refractivity contribution >= 4 is 11.7 Å². The molecular weight excluding hydrogens is 278 g/mol. The fraction of sp³-hybridized carbons (Fsp3) is 0.278. The predicted molar refractivity (Wildman–Crippen MR) is 87.0 cm³/mol. The Kier molecular flexibility index (Phi) is 4.83. The lowest BCUT2D eigenvalue weighted by Crippen LogP contribution is -2.14. The molecule has 2 aromatic carbocycles. The second-order valence-corrected chi connectivity index (χ2v) is 6.27. The van der Waals surface area contributed by atoms with Gasteiger partial charge in [0.1, 0.15) is 0 Å². The maximum absolute atomic E-state index is 11.6. The molecule has 22 heavy (non-hydrogen) atoms. The molecule has 0 heterocycles. The highest BCUT2D eigenvalue weighted by Crippen LogP contribution is 2.25. The summed E-state index contributed by atoms with van der Waals surface area (Å²) < 4.78 is 0. The molecule has 2 rings (SSSR count). The summed E-state index contributed by atoms with van der Waals surface area (Å²) in [5.74, 6) is -0.743. The van der Waals surface area contributed by atoms with Crippen molar-refractivity contribution in [2.24, 2.45) is 0 Å². The maximum Gasteiger partial charge on any atom is 0.372 e. The highest BCUT2D eigenvalue weighted by molar-refractivity contribution is 5.89. The summed E-state index contributed by atoms with van der Waals surface area (Å²) in [5, 5.41) is 11.9. The first kappa shape index (κ1) is 16.0. The van der Waals surface area contributed by atoms with Crippen LogP contribution >= 0.6 is 0 Å². The third-order valence-electron chi connectivity index (χ3n) is 3.45. The zero-order chi connectivity index (χ0) is 16.2. The van der Waals surface area contributed by atoms with Crippen LogP contribution in [0.1, 0.15) is 42.3 Å². The number of benzene rings is 2. The summed E-state index contributed by atoms with van der Waals surface area (Å²) in [6.45, 7) is 6.81. The van der Waals surface area contributed by atoms with Crippen molar-refractivity contribution in [3.05, 3.63) is 65.2 Å². The molecule has 0 bridgehead atoms. The molecule has 0 amide bonds. The van der Waals surface area contributed by atoms with Crippen LogP contribution < -0.4 is 5.32 Å². The standard InChI is InChI=1S/C18H21NO3/c1-18(2,3)15-10-13(9-14(11-15)17(20)22-21)12-19-16-7-5-4-6-8-16/h4-11,19,21H,12H2,1-3H3. The number of hydrogen-bond donors (Lipinski definition) is 2. The fourth-order valence-electron chi connectivity index (χ4n) is 2.16. The number of rotatable bonds is 4. The van der Waals surface area contributed by atoms with Gasteiger partial charge in [-0.3, -0.25) is 4.89 Å². The highest BCUT2D eigenvalue weighted by Gasteiger charge is 2.18. The topological polar surface area (TPSA) is 58.6 Å². The molecule has 0 unspecified atom stereocenters. The second kappa shape index (κ2) is 6.62. The molecule has 0 spiro atoms. The van der Waals surface area contributed by atoms with E-state index in [-0.39, 0.29) is 5.41 Å². The van der Waals surface area contributed by atoms with Gasteiger partial charge < -0.3 is 5.32 Å². The summed E-state index contributed by atoms with van der Waals surface area (Å²) in [5.41, 5.74) is 3.22. The summed E-state index contributed by atoms with van der Waals surface area (Å²) in [6, 6.07) is 15.4. The number of carbonyl (C=O) groups excluding carboxylic acids is 1. The van der Waals surface area contributed by atoms with Crippen LogP contribution in [0, 0.1) is 0 Å². The van der Waals surface area contributed by atoms with Gasteiger partial charge in [0.15, 0.2) is 0 Å². The number of nitrogens with one attached hydrogen (secondary N) is 1. The zero-order valence-electron chi connectivity index (χ0n) is 13.1. The van der Waals surface area contributed by atoms with Crippen LogP contribution in [-0.4, -0.2) is 11.2 Å². The van der Waals surface area contributed by atoms with Crippen molar-refractivity contribution in [3.63, 3.8) is 0 Å². The first-order valence-corrected chi connectivity index (χ1v) is 7.19. The van der Waals surface area contributed by atoms with Gasteiger partial charge in [-0.25, -0.2) is 4.79 Å². The number of hydrogen-bond acceptors (Lipinski definition) is 4. The Morgan fingerprint density at radius 3 is 2.41 bits per heavy atom. The third kappa shape index (κ3) is 4.09. The minimum Gasteiger partial charge on any atom is -0.381 e. The summed E-state index contributed by atoms with van der Waals surface area (Å²) in [6.07, 6.45) is 0. The molecule has 116 valence electrons. The van der Waals surface area contributed by atoms with E-state index < -0.39 is 5.97 Å². The van der Waals surface area contributed by atoms with Crippen molar-refractivity contribution in [2.45, 2.75) is 32.7 Å². The SMILES string of the molecule is CC(C)(C)c1cc(CNc2ccccc2)cc(C(=O)OO)c1. The van der Waals surface area contributed by atoms with Crippen LogP contribution in [0.2, 0.25) is 0 Å². The Labute approximate surface area is 130 Å². The lowest BCUT2D eigenvalue weighted by Gasteiger charge is -2.21. The molecule has 0 aromatic heterocycles. The lowest BCUT2D eigenvalue weighted by atomic mass is 9.85. The Balaban J connectivity index is 2.27. The molecule has 0 saturated heterocycles. The molecule has 0 atom stereocenters. The molecule has 0 saturated carbocycles. The number of para-hydroxylation sites is 1. The van der Waals surface area contributed by atoms with Crippen LogP contribution in [-0.2, 0) is 16.8 Å². The van der Waals surface area contributed by atoms with E-state index in [2.05, 4.69) is 37.0 Å².